The second-order valence-corrected chi connectivity index (χ2v) is 15.1. The molecule has 2 aromatic carbocycles. The highest BCUT2D eigenvalue weighted by Gasteiger charge is 2.53. The first-order valence-corrected chi connectivity index (χ1v) is 14.8. The highest BCUT2D eigenvalue weighted by molar-refractivity contribution is 6.93. The summed E-state index contributed by atoms with van der Waals surface area (Å²) < 4.78 is 26.0. The molecule has 2 nitrogen and oxygen atoms in total. The third kappa shape index (κ3) is 4.12. The second-order valence-electron chi connectivity index (χ2n) is 10.1. The van der Waals surface area contributed by atoms with Gasteiger partial charge in [-0.2, -0.15) is 0 Å². The molecule has 4 heteroatoms. The Bertz CT molecular complexity index is 945. The first-order chi connectivity index (χ1) is 14.6. The van der Waals surface area contributed by atoms with Gasteiger partial charge in [-0.1, -0.05) is 75.8 Å². The third-order valence-electron chi connectivity index (χ3n) is 7.06. The summed E-state index contributed by atoms with van der Waals surface area (Å²) in [6.45, 7) is 12.2. The van der Waals surface area contributed by atoms with Crippen molar-refractivity contribution in [2.24, 2.45) is 0 Å². The quantitative estimate of drug-likeness (QED) is 0.406. The van der Waals surface area contributed by atoms with Crippen LogP contribution in [-0.2, 0) is 15.6 Å². The second kappa shape index (κ2) is 8.91. The number of rotatable bonds is 8. The Kier molecular flexibility index (Phi) is 6.83. The molecule has 0 N–H and O–H groups in total. The molecule has 3 rings (SSSR count). The average molecular weight is 441 g/mol. The monoisotopic (exact) mass is 440 g/mol. The fourth-order valence-electron chi connectivity index (χ4n) is 5.24. The Morgan fingerprint density at radius 3 is 2.23 bits per heavy atom. The molecule has 0 saturated carbocycles. The van der Waals surface area contributed by atoms with Gasteiger partial charge in [0.25, 0.3) is 0 Å². The van der Waals surface area contributed by atoms with E-state index in [1.807, 2.05) is 18.2 Å². The Balaban J connectivity index is 2.40. The van der Waals surface area contributed by atoms with E-state index in [0.717, 1.165) is 30.6 Å². The van der Waals surface area contributed by atoms with Crippen LogP contribution in [0.25, 0.3) is 5.20 Å². The summed E-state index contributed by atoms with van der Waals surface area (Å²) in [5, 5.41) is 1.38. The minimum absolute atomic E-state index is 0.167. The van der Waals surface area contributed by atoms with Crippen molar-refractivity contribution in [3.8, 4) is 5.75 Å². The number of ether oxygens (including phenoxy) is 2. The molecule has 0 aromatic heterocycles. The van der Waals surface area contributed by atoms with Gasteiger partial charge in [0.2, 0.25) is 0 Å². The summed E-state index contributed by atoms with van der Waals surface area (Å²) in [6, 6.07) is 13.8. The molecule has 0 radical (unpaired) electrons. The molecule has 31 heavy (non-hydrogen) atoms. The Labute approximate surface area is 188 Å². The molecule has 1 aliphatic carbocycles. The van der Waals surface area contributed by atoms with E-state index in [1.54, 1.807) is 26.4 Å². The maximum absolute atomic E-state index is 14.7. The molecule has 0 amide bonds. The fourth-order valence-corrected chi connectivity index (χ4v) is 6.95. The van der Waals surface area contributed by atoms with E-state index in [4.69, 9.17) is 9.47 Å². The maximum atomic E-state index is 14.7. The summed E-state index contributed by atoms with van der Waals surface area (Å²) in [4.78, 5) is 0. The molecular weight excluding hydrogens is 403 g/mol. The van der Waals surface area contributed by atoms with Crippen LogP contribution in [0.3, 0.4) is 0 Å². The lowest BCUT2D eigenvalue weighted by Crippen LogP contribution is -2.52. The summed E-state index contributed by atoms with van der Waals surface area (Å²) in [7, 11) is 1.73. The van der Waals surface area contributed by atoms with Crippen molar-refractivity contribution in [1.82, 2.24) is 0 Å². The van der Waals surface area contributed by atoms with Gasteiger partial charge >= 0.3 is 0 Å². The van der Waals surface area contributed by atoms with Crippen molar-refractivity contribution < 1.29 is 13.9 Å². The normalized spacial score (nSPS) is 23.3. The van der Waals surface area contributed by atoms with Gasteiger partial charge < -0.3 is 9.47 Å². The summed E-state index contributed by atoms with van der Waals surface area (Å²) >= 11 is 0. The molecular formula is C27H37FO2Si. The topological polar surface area (TPSA) is 18.5 Å². The van der Waals surface area contributed by atoms with Crippen LogP contribution in [0.1, 0.15) is 49.8 Å². The van der Waals surface area contributed by atoms with Crippen molar-refractivity contribution in [3.63, 3.8) is 0 Å². The molecule has 2 atom stereocenters. The zero-order valence-corrected chi connectivity index (χ0v) is 21.1. The van der Waals surface area contributed by atoms with Gasteiger partial charge in [0.15, 0.2) is 0 Å². The van der Waals surface area contributed by atoms with Gasteiger partial charge in [-0.15, -0.1) is 0 Å². The van der Waals surface area contributed by atoms with Gasteiger partial charge in [0.1, 0.15) is 11.6 Å². The summed E-state index contributed by atoms with van der Waals surface area (Å²) in [5.41, 5.74) is 2.85. The summed E-state index contributed by atoms with van der Waals surface area (Å²) in [5.74, 6) is 0.669. The largest absolute Gasteiger partial charge is 0.497 e. The molecule has 0 fully saturated rings. The SMILES string of the molecule is CCCC[C@@]1(C)c2cc(F)ccc2C([Si](C)(C)C)=C[C@@]1(COC)c1ccc(OC)cc1. The molecule has 0 unspecified atom stereocenters. The Morgan fingerprint density at radius 2 is 1.68 bits per heavy atom. The lowest BCUT2D eigenvalue weighted by atomic mass is 9.53. The minimum atomic E-state index is -1.73. The van der Waals surface area contributed by atoms with Crippen molar-refractivity contribution in [3.05, 3.63) is 71.0 Å². The molecule has 0 bridgehead atoms. The smallest absolute Gasteiger partial charge is 0.123 e. The van der Waals surface area contributed by atoms with Crippen LogP contribution < -0.4 is 4.74 Å². The van der Waals surface area contributed by atoms with Crippen molar-refractivity contribution >= 4 is 13.3 Å². The first kappa shape index (κ1) is 23.7. The highest BCUT2D eigenvalue weighted by atomic mass is 28.3. The highest BCUT2D eigenvalue weighted by Crippen LogP contribution is 2.56. The first-order valence-electron chi connectivity index (χ1n) is 11.3. The standard InChI is InChI=1S/C27H37FO2Si/c1-8-9-16-26(2)24-17-21(28)12-15-23(24)25(31(5,6)7)18-27(26,19-29-3)20-10-13-22(30-4)14-11-20/h10-15,17-18H,8-9,16,19H2,1-7H3/t26-,27+/m0/s1. The van der Waals surface area contributed by atoms with Crippen LogP contribution in [0, 0.1) is 5.82 Å². The van der Waals surface area contributed by atoms with Gasteiger partial charge in [-0.3, -0.25) is 0 Å². The minimum Gasteiger partial charge on any atom is -0.497 e. The van der Waals surface area contributed by atoms with Crippen LogP contribution in [0.15, 0.2) is 48.5 Å². The predicted molar refractivity (Wildman–Crippen MR) is 131 cm³/mol. The summed E-state index contributed by atoms with van der Waals surface area (Å²) in [6.07, 6.45) is 5.62. The number of hydrogen-bond acceptors (Lipinski definition) is 2. The fraction of sp³-hybridized carbons (Fsp3) is 0.481. The zero-order valence-electron chi connectivity index (χ0n) is 20.1. The lowest BCUT2D eigenvalue weighted by Gasteiger charge is -2.53. The molecule has 0 aliphatic heterocycles. The number of hydrogen-bond donors (Lipinski definition) is 0. The molecule has 0 saturated heterocycles. The van der Waals surface area contributed by atoms with E-state index in [2.05, 4.69) is 51.7 Å². The average Bonchev–Trinajstić information content (AvgIpc) is 2.74. The van der Waals surface area contributed by atoms with Crippen molar-refractivity contribution in [1.29, 1.82) is 0 Å². The van der Waals surface area contributed by atoms with Crippen molar-refractivity contribution in [2.45, 2.75) is 63.6 Å². The zero-order chi connectivity index (χ0) is 22.9. The third-order valence-corrected chi connectivity index (χ3v) is 9.09. The van der Waals surface area contributed by atoms with E-state index in [0.29, 0.717) is 6.61 Å². The predicted octanol–water partition coefficient (Wildman–Crippen LogP) is 7.14. The molecule has 168 valence electrons. The molecule has 1 aliphatic rings. The van der Waals surface area contributed by atoms with Gasteiger partial charge in [-0.05, 0) is 47.4 Å². The van der Waals surface area contributed by atoms with Crippen LogP contribution >= 0.6 is 0 Å². The number of halogens is 1. The van der Waals surface area contributed by atoms with Crippen molar-refractivity contribution in [2.75, 3.05) is 20.8 Å². The van der Waals surface area contributed by atoms with Crippen LogP contribution in [0.4, 0.5) is 4.39 Å². The van der Waals surface area contributed by atoms with E-state index in [1.165, 1.54) is 16.3 Å². The van der Waals surface area contributed by atoms with Crippen LogP contribution in [0.5, 0.6) is 5.75 Å². The lowest BCUT2D eigenvalue weighted by molar-refractivity contribution is 0.0996. The van der Waals surface area contributed by atoms with Crippen LogP contribution in [0.2, 0.25) is 19.6 Å². The molecule has 0 heterocycles. The van der Waals surface area contributed by atoms with Gasteiger partial charge in [0, 0.05) is 17.9 Å². The molecule has 0 spiro atoms. The number of fused-ring (bicyclic) bond motifs is 1. The number of unbranched alkanes of at least 4 members (excludes halogenated alkanes) is 1. The Hall–Kier alpha value is -1.91. The van der Waals surface area contributed by atoms with Gasteiger partial charge in [-0.25, -0.2) is 4.39 Å². The van der Waals surface area contributed by atoms with E-state index < -0.39 is 8.07 Å². The van der Waals surface area contributed by atoms with E-state index in [-0.39, 0.29) is 16.6 Å². The Morgan fingerprint density at radius 1 is 1.00 bits per heavy atom. The number of methoxy groups -OCH3 is 2. The van der Waals surface area contributed by atoms with Gasteiger partial charge in [0.05, 0.1) is 21.8 Å². The molecule has 2 aromatic rings. The van der Waals surface area contributed by atoms with E-state index in [9.17, 15) is 4.39 Å². The van der Waals surface area contributed by atoms with E-state index >= 15 is 0 Å². The maximum Gasteiger partial charge on any atom is 0.123 e. The number of benzene rings is 2. The van der Waals surface area contributed by atoms with Crippen LogP contribution in [-0.4, -0.2) is 28.9 Å².